The topological polar surface area (TPSA) is 48.0 Å². The lowest BCUT2D eigenvalue weighted by molar-refractivity contribution is 0.0263. The fraction of sp³-hybridized carbons (Fsp3) is 0.812. The summed E-state index contributed by atoms with van der Waals surface area (Å²) >= 11 is 0. The fourth-order valence-corrected chi connectivity index (χ4v) is 2.08. The molecule has 1 amide bonds. The molecule has 0 bridgehead atoms. The Hall–Kier alpha value is -1.01. The summed E-state index contributed by atoms with van der Waals surface area (Å²) < 4.78 is 17.1. The summed E-state index contributed by atoms with van der Waals surface area (Å²) in [5, 5.41) is 0. The molecule has 0 saturated heterocycles. The number of carbonyl (C=O) groups is 1. The van der Waals surface area contributed by atoms with Crippen LogP contribution in [-0.4, -0.2) is 49.0 Å². The van der Waals surface area contributed by atoms with Gasteiger partial charge in [0.25, 0.3) is 0 Å². The molecule has 0 aromatic rings. The average Bonchev–Trinajstić information content (AvgIpc) is 2.35. The standard InChI is InChI=1S/C16H30BNO4/c1-8-20-17(22-16(5,6)7)13-9-11-18(12-10-13)14(19)21-15(2,3)4/h9H,8,10-12H2,1-7H3. The maximum absolute atomic E-state index is 12.1. The van der Waals surface area contributed by atoms with Gasteiger partial charge in [0.15, 0.2) is 0 Å². The van der Waals surface area contributed by atoms with Crippen molar-refractivity contribution in [2.45, 2.75) is 66.1 Å². The second-order valence-corrected chi connectivity index (χ2v) is 7.47. The molecule has 0 radical (unpaired) electrons. The maximum Gasteiger partial charge on any atom is 0.489 e. The van der Waals surface area contributed by atoms with Gasteiger partial charge in [0, 0.05) is 25.3 Å². The Morgan fingerprint density at radius 3 is 2.27 bits per heavy atom. The van der Waals surface area contributed by atoms with Gasteiger partial charge in [0.2, 0.25) is 0 Å². The van der Waals surface area contributed by atoms with E-state index in [4.69, 9.17) is 14.0 Å². The van der Waals surface area contributed by atoms with E-state index in [1.54, 1.807) is 4.90 Å². The Balaban J connectivity index is 2.66. The minimum absolute atomic E-state index is 0.271. The molecule has 0 spiro atoms. The molecule has 0 N–H and O–H groups in total. The van der Waals surface area contributed by atoms with Crippen LogP contribution in [0.15, 0.2) is 11.5 Å². The van der Waals surface area contributed by atoms with Gasteiger partial charge in [0.1, 0.15) is 5.60 Å². The van der Waals surface area contributed by atoms with Gasteiger partial charge in [-0.1, -0.05) is 6.08 Å². The average molecular weight is 311 g/mol. The number of hydrogen-bond acceptors (Lipinski definition) is 4. The molecule has 0 aromatic heterocycles. The molecule has 1 aliphatic rings. The molecular weight excluding hydrogens is 281 g/mol. The Bertz CT molecular complexity index is 409. The highest BCUT2D eigenvalue weighted by Crippen LogP contribution is 2.21. The number of ether oxygens (including phenoxy) is 1. The highest BCUT2D eigenvalue weighted by molar-refractivity contribution is 6.53. The zero-order valence-electron chi connectivity index (χ0n) is 15.1. The first-order valence-electron chi connectivity index (χ1n) is 7.98. The van der Waals surface area contributed by atoms with E-state index in [0.717, 1.165) is 11.9 Å². The number of amides is 1. The molecule has 6 heteroatoms. The van der Waals surface area contributed by atoms with Crippen LogP contribution in [-0.2, 0) is 14.0 Å². The van der Waals surface area contributed by atoms with E-state index < -0.39 is 5.60 Å². The highest BCUT2D eigenvalue weighted by Gasteiger charge is 2.32. The minimum atomic E-state index is -0.468. The van der Waals surface area contributed by atoms with Crippen molar-refractivity contribution in [3.63, 3.8) is 0 Å². The first-order valence-corrected chi connectivity index (χ1v) is 7.98. The smallest absolute Gasteiger partial charge is 0.444 e. The van der Waals surface area contributed by atoms with Crippen molar-refractivity contribution in [3.05, 3.63) is 11.5 Å². The number of carbonyl (C=O) groups excluding carboxylic acids is 1. The van der Waals surface area contributed by atoms with Crippen molar-refractivity contribution in [1.82, 2.24) is 4.90 Å². The Labute approximate surface area is 135 Å². The molecule has 1 aliphatic heterocycles. The van der Waals surface area contributed by atoms with Gasteiger partial charge in [-0.2, -0.15) is 0 Å². The van der Waals surface area contributed by atoms with Crippen LogP contribution in [0.5, 0.6) is 0 Å². The summed E-state index contributed by atoms with van der Waals surface area (Å²) in [6.45, 7) is 15.3. The van der Waals surface area contributed by atoms with Crippen molar-refractivity contribution >= 4 is 13.2 Å². The quantitative estimate of drug-likeness (QED) is 0.746. The van der Waals surface area contributed by atoms with Crippen molar-refractivity contribution in [1.29, 1.82) is 0 Å². The van der Waals surface area contributed by atoms with Gasteiger partial charge in [-0.25, -0.2) is 4.79 Å². The SMILES string of the molecule is CCOB(OC(C)(C)C)C1=CCN(C(=O)OC(C)(C)C)CC1. The van der Waals surface area contributed by atoms with E-state index in [1.807, 2.05) is 54.5 Å². The maximum atomic E-state index is 12.1. The normalized spacial score (nSPS) is 16.3. The van der Waals surface area contributed by atoms with E-state index in [1.165, 1.54) is 0 Å². The van der Waals surface area contributed by atoms with E-state index >= 15 is 0 Å². The summed E-state index contributed by atoms with van der Waals surface area (Å²) in [4.78, 5) is 13.8. The first-order chi connectivity index (χ1) is 10.0. The van der Waals surface area contributed by atoms with Crippen molar-refractivity contribution in [2.75, 3.05) is 19.7 Å². The van der Waals surface area contributed by atoms with Gasteiger partial charge in [-0.15, -0.1) is 0 Å². The monoisotopic (exact) mass is 311 g/mol. The zero-order valence-corrected chi connectivity index (χ0v) is 15.1. The molecule has 0 aliphatic carbocycles. The summed E-state index contributed by atoms with van der Waals surface area (Å²) in [6, 6.07) is 0. The van der Waals surface area contributed by atoms with Crippen LogP contribution in [0.4, 0.5) is 4.79 Å². The van der Waals surface area contributed by atoms with Crippen molar-refractivity contribution in [2.24, 2.45) is 0 Å². The summed E-state index contributed by atoms with van der Waals surface area (Å²) in [5.74, 6) is 0. The van der Waals surface area contributed by atoms with Gasteiger partial charge >= 0.3 is 13.2 Å². The molecule has 126 valence electrons. The molecule has 0 unspecified atom stereocenters. The van der Waals surface area contributed by atoms with Crippen LogP contribution in [0.2, 0.25) is 0 Å². The number of nitrogens with zero attached hydrogens (tertiary/aromatic N) is 1. The van der Waals surface area contributed by atoms with Crippen LogP contribution in [0.3, 0.4) is 0 Å². The largest absolute Gasteiger partial charge is 0.489 e. The van der Waals surface area contributed by atoms with Crippen molar-refractivity contribution < 1.29 is 18.8 Å². The number of hydrogen-bond donors (Lipinski definition) is 0. The molecule has 0 atom stereocenters. The summed E-state index contributed by atoms with van der Waals surface area (Å²) in [7, 11) is -0.342. The molecule has 0 saturated carbocycles. The lowest BCUT2D eigenvalue weighted by atomic mass is 9.73. The number of rotatable bonds is 4. The fourth-order valence-electron chi connectivity index (χ4n) is 2.08. The molecule has 1 heterocycles. The second-order valence-electron chi connectivity index (χ2n) is 7.47. The highest BCUT2D eigenvalue weighted by atomic mass is 16.6. The molecule has 0 fully saturated rings. The zero-order chi connectivity index (χ0) is 17.0. The van der Waals surface area contributed by atoms with Crippen LogP contribution in [0.25, 0.3) is 0 Å². The lowest BCUT2D eigenvalue weighted by Crippen LogP contribution is -2.42. The minimum Gasteiger partial charge on any atom is -0.444 e. The van der Waals surface area contributed by atoms with Crippen LogP contribution < -0.4 is 0 Å². The summed E-state index contributed by atoms with van der Waals surface area (Å²) in [5.41, 5.74) is 0.351. The summed E-state index contributed by atoms with van der Waals surface area (Å²) in [6.07, 6.45) is 2.48. The van der Waals surface area contributed by atoms with Gasteiger partial charge in [0.05, 0.1) is 0 Å². The van der Waals surface area contributed by atoms with Crippen LogP contribution >= 0.6 is 0 Å². The van der Waals surface area contributed by atoms with Crippen LogP contribution in [0, 0.1) is 0 Å². The van der Waals surface area contributed by atoms with Gasteiger partial charge in [-0.05, 0) is 60.4 Å². The van der Waals surface area contributed by atoms with E-state index in [0.29, 0.717) is 19.7 Å². The lowest BCUT2D eigenvalue weighted by Gasteiger charge is -2.32. The van der Waals surface area contributed by atoms with Crippen molar-refractivity contribution in [3.8, 4) is 0 Å². The molecule has 0 aromatic carbocycles. The third-order valence-electron chi connectivity index (χ3n) is 2.98. The molecule has 22 heavy (non-hydrogen) atoms. The van der Waals surface area contributed by atoms with E-state index in [9.17, 15) is 4.79 Å². The van der Waals surface area contributed by atoms with Gasteiger partial charge in [-0.3, -0.25) is 0 Å². The van der Waals surface area contributed by atoms with Crippen LogP contribution in [0.1, 0.15) is 54.9 Å². The van der Waals surface area contributed by atoms with E-state index in [2.05, 4.69) is 0 Å². The van der Waals surface area contributed by atoms with Gasteiger partial charge < -0.3 is 18.9 Å². The Morgan fingerprint density at radius 2 is 1.86 bits per heavy atom. The second kappa shape index (κ2) is 7.51. The predicted octanol–water partition coefficient (Wildman–Crippen LogP) is 3.43. The first kappa shape index (κ1) is 19.0. The third-order valence-corrected chi connectivity index (χ3v) is 2.98. The Morgan fingerprint density at radius 1 is 1.23 bits per heavy atom. The Kier molecular flexibility index (Phi) is 6.50. The molecule has 1 rings (SSSR count). The van der Waals surface area contributed by atoms with E-state index in [-0.39, 0.29) is 18.8 Å². The predicted molar refractivity (Wildman–Crippen MR) is 88.7 cm³/mol. The molecular formula is C16H30BNO4. The molecule has 5 nitrogen and oxygen atoms in total. The third kappa shape index (κ3) is 6.84.